The van der Waals surface area contributed by atoms with Gasteiger partial charge in [0.25, 0.3) is 0 Å². The zero-order chi connectivity index (χ0) is 11.9. The van der Waals surface area contributed by atoms with Crippen LogP contribution in [0.25, 0.3) is 10.9 Å². The Hall–Kier alpha value is -1.68. The first-order valence-corrected chi connectivity index (χ1v) is 4.98. The Labute approximate surface area is 97.0 Å². The SMILES string of the molecule is COc1cc(Cl)cc2c(C(=O)O)cn(C)c12. The first-order valence-electron chi connectivity index (χ1n) is 4.60. The van der Waals surface area contributed by atoms with Crippen molar-refractivity contribution < 1.29 is 14.6 Å². The van der Waals surface area contributed by atoms with Crippen LogP contribution in [-0.4, -0.2) is 22.8 Å². The molecule has 0 fully saturated rings. The summed E-state index contributed by atoms with van der Waals surface area (Å²) in [5, 5.41) is 10.1. The van der Waals surface area contributed by atoms with Crippen molar-refractivity contribution >= 4 is 28.5 Å². The fourth-order valence-corrected chi connectivity index (χ4v) is 2.01. The second-order valence-corrected chi connectivity index (χ2v) is 3.90. The topological polar surface area (TPSA) is 51.5 Å². The summed E-state index contributed by atoms with van der Waals surface area (Å²) in [5.41, 5.74) is 0.947. The zero-order valence-corrected chi connectivity index (χ0v) is 9.58. The van der Waals surface area contributed by atoms with E-state index in [0.29, 0.717) is 16.2 Å². The van der Waals surface area contributed by atoms with Gasteiger partial charge in [-0.25, -0.2) is 4.79 Å². The Morgan fingerprint density at radius 3 is 2.75 bits per heavy atom. The molecule has 0 aliphatic carbocycles. The van der Waals surface area contributed by atoms with Crippen LogP contribution in [0, 0.1) is 0 Å². The number of rotatable bonds is 2. The van der Waals surface area contributed by atoms with E-state index in [4.69, 9.17) is 21.4 Å². The van der Waals surface area contributed by atoms with Crippen molar-refractivity contribution in [3.05, 3.63) is 28.9 Å². The molecule has 0 spiro atoms. The van der Waals surface area contributed by atoms with E-state index in [2.05, 4.69) is 0 Å². The molecule has 0 saturated heterocycles. The van der Waals surface area contributed by atoms with Crippen molar-refractivity contribution in [2.45, 2.75) is 0 Å². The smallest absolute Gasteiger partial charge is 0.337 e. The normalized spacial score (nSPS) is 10.7. The number of nitrogens with zero attached hydrogens (tertiary/aromatic N) is 1. The van der Waals surface area contributed by atoms with Crippen molar-refractivity contribution in [2.75, 3.05) is 7.11 Å². The predicted molar refractivity (Wildman–Crippen MR) is 61.4 cm³/mol. The molecule has 16 heavy (non-hydrogen) atoms. The van der Waals surface area contributed by atoms with Crippen molar-refractivity contribution in [1.82, 2.24) is 4.57 Å². The molecule has 1 N–H and O–H groups in total. The average Bonchev–Trinajstić information content (AvgIpc) is 2.55. The molecule has 1 aromatic heterocycles. The van der Waals surface area contributed by atoms with Gasteiger partial charge in [-0.05, 0) is 6.07 Å². The van der Waals surface area contributed by atoms with Crippen molar-refractivity contribution in [3.8, 4) is 5.75 Å². The number of aryl methyl sites for hydroxylation is 1. The molecule has 0 saturated carbocycles. The maximum Gasteiger partial charge on any atom is 0.337 e. The van der Waals surface area contributed by atoms with Gasteiger partial charge in [-0.3, -0.25) is 0 Å². The third-order valence-corrected chi connectivity index (χ3v) is 2.67. The molecular weight excluding hydrogens is 230 g/mol. The van der Waals surface area contributed by atoms with Gasteiger partial charge < -0.3 is 14.4 Å². The highest BCUT2D eigenvalue weighted by Crippen LogP contribution is 2.32. The van der Waals surface area contributed by atoms with Gasteiger partial charge in [0.15, 0.2) is 0 Å². The minimum absolute atomic E-state index is 0.221. The van der Waals surface area contributed by atoms with Crippen LogP contribution in [0.1, 0.15) is 10.4 Å². The van der Waals surface area contributed by atoms with Crippen LogP contribution in [0.4, 0.5) is 0 Å². The highest BCUT2D eigenvalue weighted by molar-refractivity contribution is 6.32. The number of hydrogen-bond donors (Lipinski definition) is 1. The zero-order valence-electron chi connectivity index (χ0n) is 8.82. The van der Waals surface area contributed by atoms with Crippen molar-refractivity contribution in [2.24, 2.45) is 7.05 Å². The molecule has 2 aromatic rings. The molecule has 0 bridgehead atoms. The molecule has 5 heteroatoms. The van der Waals surface area contributed by atoms with E-state index < -0.39 is 5.97 Å². The van der Waals surface area contributed by atoms with Gasteiger partial charge in [-0.15, -0.1) is 0 Å². The van der Waals surface area contributed by atoms with E-state index in [1.807, 2.05) is 0 Å². The molecular formula is C11H10ClNO3. The monoisotopic (exact) mass is 239 g/mol. The van der Waals surface area contributed by atoms with Crippen LogP contribution >= 0.6 is 11.6 Å². The molecule has 0 amide bonds. The molecule has 1 aromatic carbocycles. The number of aromatic nitrogens is 1. The molecule has 0 unspecified atom stereocenters. The van der Waals surface area contributed by atoms with Gasteiger partial charge >= 0.3 is 5.97 Å². The summed E-state index contributed by atoms with van der Waals surface area (Å²) < 4.78 is 6.90. The first-order chi connectivity index (χ1) is 7.54. The summed E-state index contributed by atoms with van der Waals surface area (Å²) >= 11 is 5.91. The van der Waals surface area contributed by atoms with Crippen LogP contribution in [0.3, 0.4) is 0 Å². The van der Waals surface area contributed by atoms with E-state index in [9.17, 15) is 4.79 Å². The standard InChI is InChI=1S/C11H10ClNO3/c1-13-5-8(11(14)15)7-3-6(12)4-9(16-2)10(7)13/h3-5H,1-2H3,(H,14,15). The van der Waals surface area contributed by atoms with E-state index in [-0.39, 0.29) is 5.56 Å². The summed E-state index contributed by atoms with van der Waals surface area (Å²) in [6.45, 7) is 0. The molecule has 1 heterocycles. The first kappa shape index (κ1) is 10.8. The molecule has 0 aliphatic rings. The van der Waals surface area contributed by atoms with E-state index in [1.54, 1.807) is 29.9 Å². The lowest BCUT2D eigenvalue weighted by Gasteiger charge is -2.05. The van der Waals surface area contributed by atoms with Crippen LogP contribution < -0.4 is 4.74 Å². The number of fused-ring (bicyclic) bond motifs is 1. The highest BCUT2D eigenvalue weighted by atomic mass is 35.5. The fraction of sp³-hybridized carbons (Fsp3) is 0.182. The van der Waals surface area contributed by atoms with Crippen LogP contribution in [-0.2, 0) is 7.05 Å². The lowest BCUT2D eigenvalue weighted by atomic mass is 10.1. The van der Waals surface area contributed by atoms with E-state index in [0.717, 1.165) is 5.52 Å². The summed E-state index contributed by atoms with van der Waals surface area (Å²) in [7, 11) is 3.30. The Kier molecular flexibility index (Phi) is 2.52. The summed E-state index contributed by atoms with van der Waals surface area (Å²) in [6.07, 6.45) is 1.55. The second kappa shape index (κ2) is 3.72. The van der Waals surface area contributed by atoms with Gasteiger partial charge in [0.2, 0.25) is 0 Å². The summed E-state index contributed by atoms with van der Waals surface area (Å²) in [6, 6.07) is 3.29. The quantitative estimate of drug-likeness (QED) is 0.876. The number of hydrogen-bond acceptors (Lipinski definition) is 2. The number of halogens is 1. The Morgan fingerprint density at radius 1 is 1.50 bits per heavy atom. The van der Waals surface area contributed by atoms with E-state index in [1.165, 1.54) is 7.11 Å². The second-order valence-electron chi connectivity index (χ2n) is 3.46. The molecule has 0 aliphatic heterocycles. The average molecular weight is 240 g/mol. The Balaban J connectivity index is 2.90. The fourth-order valence-electron chi connectivity index (χ4n) is 1.80. The minimum atomic E-state index is -0.977. The molecule has 2 rings (SSSR count). The predicted octanol–water partition coefficient (Wildman–Crippen LogP) is 2.54. The summed E-state index contributed by atoms with van der Waals surface area (Å²) in [5.74, 6) is -0.410. The lowest BCUT2D eigenvalue weighted by Crippen LogP contribution is -1.93. The number of carboxylic acids is 1. The number of methoxy groups -OCH3 is 1. The molecule has 0 atom stereocenters. The summed E-state index contributed by atoms with van der Waals surface area (Å²) in [4.78, 5) is 11.0. The maximum absolute atomic E-state index is 11.0. The van der Waals surface area contributed by atoms with Gasteiger partial charge in [0.05, 0.1) is 18.2 Å². The van der Waals surface area contributed by atoms with Crippen LogP contribution in [0.5, 0.6) is 5.75 Å². The van der Waals surface area contributed by atoms with Crippen LogP contribution in [0.15, 0.2) is 18.3 Å². The Morgan fingerprint density at radius 2 is 2.19 bits per heavy atom. The van der Waals surface area contributed by atoms with Crippen molar-refractivity contribution in [1.29, 1.82) is 0 Å². The lowest BCUT2D eigenvalue weighted by molar-refractivity contribution is 0.0699. The maximum atomic E-state index is 11.0. The number of carboxylic acid groups (broad SMARTS) is 1. The van der Waals surface area contributed by atoms with Crippen molar-refractivity contribution in [3.63, 3.8) is 0 Å². The minimum Gasteiger partial charge on any atom is -0.494 e. The number of benzene rings is 1. The van der Waals surface area contributed by atoms with Gasteiger partial charge in [0.1, 0.15) is 5.75 Å². The van der Waals surface area contributed by atoms with Crippen LogP contribution in [0.2, 0.25) is 5.02 Å². The van der Waals surface area contributed by atoms with Gasteiger partial charge in [-0.2, -0.15) is 0 Å². The molecule has 4 nitrogen and oxygen atoms in total. The highest BCUT2D eigenvalue weighted by Gasteiger charge is 2.16. The largest absolute Gasteiger partial charge is 0.494 e. The Bertz CT molecular complexity index is 574. The molecule has 84 valence electrons. The van der Waals surface area contributed by atoms with Gasteiger partial charge in [0, 0.05) is 29.7 Å². The van der Waals surface area contributed by atoms with E-state index >= 15 is 0 Å². The number of ether oxygens (including phenoxy) is 1. The molecule has 0 radical (unpaired) electrons. The third-order valence-electron chi connectivity index (χ3n) is 2.46. The number of carbonyl (C=O) groups is 1. The number of aromatic carboxylic acids is 1. The third kappa shape index (κ3) is 1.51. The van der Waals surface area contributed by atoms with Gasteiger partial charge in [-0.1, -0.05) is 11.6 Å².